The lowest BCUT2D eigenvalue weighted by molar-refractivity contribution is -0.142. The van der Waals surface area contributed by atoms with Crippen molar-refractivity contribution in [3.05, 3.63) is 32.7 Å². The number of ether oxygens (including phenoxy) is 1. The monoisotopic (exact) mass is 453 g/mol. The van der Waals surface area contributed by atoms with E-state index in [1.54, 1.807) is 0 Å². The van der Waals surface area contributed by atoms with Crippen molar-refractivity contribution >= 4 is 51.9 Å². The van der Waals surface area contributed by atoms with E-state index in [1.807, 2.05) is 34.7 Å². The number of anilines is 2. The molecule has 1 aromatic carbocycles. The highest BCUT2D eigenvalue weighted by molar-refractivity contribution is 7.73. The molecule has 2 aliphatic heterocycles. The van der Waals surface area contributed by atoms with E-state index >= 15 is 0 Å². The van der Waals surface area contributed by atoms with E-state index in [-0.39, 0.29) is 12.0 Å². The predicted octanol–water partition coefficient (Wildman–Crippen LogP) is 3.66. The van der Waals surface area contributed by atoms with E-state index in [1.165, 1.54) is 11.3 Å². The number of nitrogens with zero attached hydrogens (tertiary/aromatic N) is 4. The summed E-state index contributed by atoms with van der Waals surface area (Å²) in [5.74, 6) is 0.135. The Balaban J connectivity index is 1.34. The Hall–Kier alpha value is -1.52. The molecule has 7 nitrogen and oxygen atoms in total. The Kier molecular flexibility index (Phi) is 6.50. The number of nitrogens with one attached hydrogen (secondary N) is 1. The van der Waals surface area contributed by atoms with Gasteiger partial charge in [-0.25, -0.2) is 4.68 Å². The zero-order chi connectivity index (χ0) is 20.4. The summed E-state index contributed by atoms with van der Waals surface area (Å²) in [7, 11) is 0. The minimum atomic E-state index is -0.239. The van der Waals surface area contributed by atoms with E-state index < -0.39 is 0 Å². The Labute approximate surface area is 184 Å². The van der Waals surface area contributed by atoms with Crippen LogP contribution in [0.1, 0.15) is 18.4 Å². The molecule has 0 radical (unpaired) electrons. The molecule has 29 heavy (non-hydrogen) atoms. The third kappa shape index (κ3) is 4.80. The molecule has 0 bridgehead atoms. The fourth-order valence-corrected chi connectivity index (χ4v) is 4.76. The molecule has 0 aliphatic carbocycles. The van der Waals surface area contributed by atoms with Crippen LogP contribution < -0.4 is 5.32 Å². The number of amides is 1. The average molecular weight is 454 g/mol. The highest BCUT2D eigenvalue weighted by Gasteiger charge is 2.30. The van der Waals surface area contributed by atoms with Gasteiger partial charge in [0.25, 0.3) is 5.91 Å². The second-order valence-electron chi connectivity index (χ2n) is 7.30. The molecular formula is C19H24ClN5O2S2. The third-order valence-electron chi connectivity index (χ3n) is 5.34. The first-order chi connectivity index (χ1) is 14.0. The molecule has 0 spiro atoms. The average Bonchev–Trinajstić information content (AvgIpc) is 3.36. The van der Waals surface area contributed by atoms with Gasteiger partial charge in [0.1, 0.15) is 6.10 Å². The summed E-state index contributed by atoms with van der Waals surface area (Å²) in [5.41, 5.74) is 1.91. The molecule has 2 aliphatic rings. The topological polar surface area (TPSA) is 62.6 Å². The molecule has 10 heteroatoms. The number of hydrogen-bond acceptors (Lipinski definition) is 7. The van der Waals surface area contributed by atoms with Gasteiger partial charge in [0.05, 0.1) is 6.67 Å². The van der Waals surface area contributed by atoms with E-state index in [0.29, 0.717) is 35.3 Å². The van der Waals surface area contributed by atoms with Crippen LogP contribution in [0, 0.1) is 10.9 Å². The van der Waals surface area contributed by atoms with Crippen molar-refractivity contribution in [1.82, 2.24) is 19.6 Å². The maximum Gasteiger partial charge on any atom is 0.251 e. The number of hydrogen-bond donors (Lipinski definition) is 1. The van der Waals surface area contributed by atoms with Crippen LogP contribution in [0.2, 0.25) is 5.02 Å². The number of aromatic nitrogens is 2. The van der Waals surface area contributed by atoms with Crippen LogP contribution in [0.15, 0.2) is 18.2 Å². The number of rotatable bonds is 5. The summed E-state index contributed by atoms with van der Waals surface area (Å²) in [4.78, 5) is 16.7. The van der Waals surface area contributed by atoms with Crippen molar-refractivity contribution in [2.75, 3.05) is 38.1 Å². The van der Waals surface area contributed by atoms with Crippen molar-refractivity contribution in [3.63, 3.8) is 0 Å². The molecule has 3 heterocycles. The summed E-state index contributed by atoms with van der Waals surface area (Å²) in [6.45, 7) is 6.31. The maximum absolute atomic E-state index is 12.5. The molecule has 1 N–H and O–H groups in total. The molecule has 0 unspecified atom stereocenters. The molecular weight excluding hydrogens is 430 g/mol. The predicted molar refractivity (Wildman–Crippen MR) is 118 cm³/mol. The third-order valence-corrected chi connectivity index (χ3v) is 6.97. The van der Waals surface area contributed by atoms with Crippen LogP contribution >= 0.6 is 35.2 Å². The first kappa shape index (κ1) is 20.7. The van der Waals surface area contributed by atoms with Gasteiger partial charge in [0.2, 0.25) is 5.13 Å². The summed E-state index contributed by atoms with van der Waals surface area (Å²) >= 11 is 13.1. The van der Waals surface area contributed by atoms with Gasteiger partial charge in [-0.3, -0.25) is 9.69 Å². The molecule has 156 valence electrons. The zero-order valence-corrected chi connectivity index (χ0v) is 18.7. The second-order valence-corrected chi connectivity index (χ2v) is 9.33. The van der Waals surface area contributed by atoms with E-state index in [4.69, 9.17) is 28.6 Å². The van der Waals surface area contributed by atoms with Crippen LogP contribution in [-0.2, 0) is 16.2 Å². The van der Waals surface area contributed by atoms with Gasteiger partial charge in [0, 0.05) is 43.5 Å². The van der Waals surface area contributed by atoms with Crippen molar-refractivity contribution < 1.29 is 9.53 Å². The second kappa shape index (κ2) is 9.09. The Morgan fingerprint density at radius 2 is 2.17 bits per heavy atom. The van der Waals surface area contributed by atoms with Gasteiger partial charge in [-0.1, -0.05) is 29.0 Å². The number of benzene rings is 1. The van der Waals surface area contributed by atoms with Crippen LogP contribution in [0.3, 0.4) is 0 Å². The molecule has 1 aromatic heterocycles. The minimum Gasteiger partial charge on any atom is -0.368 e. The number of carbonyl (C=O) groups excluding carboxylic acids is 1. The Bertz CT molecular complexity index is 933. The van der Waals surface area contributed by atoms with Crippen LogP contribution in [0.4, 0.5) is 10.8 Å². The fourth-order valence-electron chi connectivity index (χ4n) is 3.58. The van der Waals surface area contributed by atoms with Gasteiger partial charge in [-0.2, -0.15) is 0 Å². The fraction of sp³-hybridized carbons (Fsp3) is 0.526. The van der Waals surface area contributed by atoms with Gasteiger partial charge in [-0.05, 0) is 49.7 Å². The smallest absolute Gasteiger partial charge is 0.251 e. The van der Waals surface area contributed by atoms with Gasteiger partial charge in [0.15, 0.2) is 3.95 Å². The van der Waals surface area contributed by atoms with E-state index in [9.17, 15) is 4.79 Å². The molecule has 4 rings (SSSR count). The van der Waals surface area contributed by atoms with Crippen LogP contribution in [-0.4, -0.2) is 64.4 Å². The number of halogens is 1. The van der Waals surface area contributed by atoms with Gasteiger partial charge in [-0.15, -0.1) is 5.10 Å². The normalized spacial score (nSPS) is 20.2. The summed E-state index contributed by atoms with van der Waals surface area (Å²) in [6.07, 6.45) is 1.58. The van der Waals surface area contributed by atoms with Crippen molar-refractivity contribution in [2.45, 2.75) is 32.5 Å². The van der Waals surface area contributed by atoms with Crippen molar-refractivity contribution in [3.8, 4) is 0 Å². The lowest BCUT2D eigenvalue weighted by Gasteiger charge is -2.35. The summed E-state index contributed by atoms with van der Waals surface area (Å²) in [6, 6.07) is 5.75. The first-order valence-electron chi connectivity index (χ1n) is 9.74. The largest absolute Gasteiger partial charge is 0.368 e. The van der Waals surface area contributed by atoms with E-state index in [0.717, 1.165) is 42.3 Å². The Morgan fingerprint density at radius 3 is 2.90 bits per heavy atom. The highest BCUT2D eigenvalue weighted by Crippen LogP contribution is 2.27. The lowest BCUT2D eigenvalue weighted by Crippen LogP contribution is -2.51. The van der Waals surface area contributed by atoms with Gasteiger partial charge >= 0.3 is 0 Å². The Morgan fingerprint density at radius 1 is 1.38 bits per heavy atom. The molecule has 2 saturated heterocycles. The number of piperazine rings is 1. The van der Waals surface area contributed by atoms with Crippen LogP contribution in [0.5, 0.6) is 0 Å². The van der Waals surface area contributed by atoms with Crippen molar-refractivity contribution in [2.24, 2.45) is 0 Å². The van der Waals surface area contributed by atoms with Crippen LogP contribution in [0.25, 0.3) is 0 Å². The van der Waals surface area contributed by atoms with E-state index in [2.05, 4.69) is 15.3 Å². The number of carbonyl (C=O) groups is 1. The van der Waals surface area contributed by atoms with Gasteiger partial charge < -0.3 is 15.0 Å². The maximum atomic E-state index is 12.5. The summed E-state index contributed by atoms with van der Waals surface area (Å²) < 4.78 is 8.07. The molecule has 2 aromatic rings. The molecule has 0 saturated carbocycles. The molecule has 1 atom stereocenters. The molecule has 2 fully saturated rings. The summed E-state index contributed by atoms with van der Waals surface area (Å²) in [5, 5.41) is 9.40. The highest BCUT2D eigenvalue weighted by atomic mass is 35.5. The molecule has 1 amide bonds. The SMILES string of the molecule is Cc1c(Cl)cccc1Nc1nn(CN2CCN(C(=O)[C@@H]3CCCO3)CC2)c(=S)s1. The zero-order valence-electron chi connectivity index (χ0n) is 16.3. The minimum absolute atomic E-state index is 0.135. The lowest BCUT2D eigenvalue weighted by atomic mass is 10.2. The van der Waals surface area contributed by atoms with Crippen molar-refractivity contribution in [1.29, 1.82) is 0 Å². The standard InChI is InChI=1S/C19H24ClN5O2S2/c1-13-14(20)4-2-5-15(13)21-18-22-25(19(28)29-18)12-23-7-9-24(10-8-23)17(26)16-6-3-11-27-16/h2,4-5,16H,3,6-12H2,1H3,(H,21,22)/t16-/m0/s1. The first-order valence-corrected chi connectivity index (χ1v) is 11.3. The quantitative estimate of drug-likeness (QED) is 0.697.